The number of rotatable bonds is 12. The maximum absolute atomic E-state index is 14.5. The van der Waals surface area contributed by atoms with Gasteiger partial charge in [0.15, 0.2) is 17.4 Å². The smallest absolute Gasteiger partial charge is 0.345 e. The van der Waals surface area contributed by atoms with Gasteiger partial charge in [0.2, 0.25) is 12.0 Å². The van der Waals surface area contributed by atoms with Gasteiger partial charge in [-0.15, -0.1) is 0 Å². The van der Waals surface area contributed by atoms with E-state index in [1.54, 1.807) is 49.5 Å². The summed E-state index contributed by atoms with van der Waals surface area (Å²) in [5.74, 6) is 0.0413. The number of fused-ring (bicyclic) bond motifs is 8. The number of piperazine rings is 1. The van der Waals surface area contributed by atoms with Gasteiger partial charge in [0.1, 0.15) is 55.1 Å². The molecular weight excluding hydrogens is 989 g/mol. The topological polar surface area (TPSA) is 147 Å². The van der Waals surface area contributed by atoms with Gasteiger partial charge in [0, 0.05) is 68.3 Å². The number of carboxylic acids is 1. The first-order valence-electron chi connectivity index (χ1n) is 24.7. The van der Waals surface area contributed by atoms with Crippen LogP contribution in [0.3, 0.4) is 0 Å². The molecule has 0 saturated carbocycles. The molecule has 4 bridgehead atoms. The number of aromatic nitrogens is 2. The molecule has 2 saturated heterocycles. The van der Waals surface area contributed by atoms with Crippen molar-refractivity contribution in [2.75, 3.05) is 59.6 Å². The first-order valence-corrected chi connectivity index (χ1v) is 25.4. The molecule has 10 rings (SSSR count). The SMILES string of the molecule is C=C1CC(c2ccc(F)cc2)=C2/C1=C(/N=CC)O[C@@H](C(=O)O)Cc1cc(ccc1OCc1ccnc(-c3ccc(OC[C@H]4COC(C)(C)O4)cc3)n1)OC[C@@H](CN1CCN(C)CC1)Oc1c(Cl)c(C)c2c(C)c1Cl. The van der Waals surface area contributed by atoms with Crippen molar-refractivity contribution in [2.24, 2.45) is 4.99 Å². The lowest BCUT2D eigenvalue weighted by atomic mass is 9.88. The van der Waals surface area contributed by atoms with E-state index in [1.807, 2.05) is 52.0 Å². The van der Waals surface area contributed by atoms with Crippen molar-refractivity contribution >= 4 is 46.5 Å². The van der Waals surface area contributed by atoms with E-state index in [2.05, 4.69) is 33.4 Å². The summed E-state index contributed by atoms with van der Waals surface area (Å²) >= 11 is 14.7. The Morgan fingerprint density at radius 1 is 0.932 bits per heavy atom. The molecule has 1 aliphatic carbocycles. The van der Waals surface area contributed by atoms with E-state index in [9.17, 15) is 14.3 Å². The average Bonchev–Trinajstić information content (AvgIpc) is 3.93. The number of hydrogen-bond acceptors (Lipinski definition) is 13. The highest BCUT2D eigenvalue weighted by Crippen LogP contribution is 2.53. The summed E-state index contributed by atoms with van der Waals surface area (Å²) in [5, 5.41) is 11.6. The van der Waals surface area contributed by atoms with Crippen molar-refractivity contribution in [1.29, 1.82) is 0 Å². The molecule has 17 heteroatoms. The van der Waals surface area contributed by atoms with Crippen LogP contribution in [0.2, 0.25) is 10.0 Å². The molecule has 1 aromatic heterocycles. The highest BCUT2D eigenvalue weighted by molar-refractivity contribution is 6.39. The van der Waals surface area contributed by atoms with E-state index in [4.69, 9.17) is 61.3 Å². The molecule has 5 heterocycles. The average molecular weight is 1050 g/mol. The third kappa shape index (κ3) is 11.9. The van der Waals surface area contributed by atoms with E-state index in [0.717, 1.165) is 42.9 Å². The zero-order valence-electron chi connectivity index (χ0n) is 42.4. The summed E-state index contributed by atoms with van der Waals surface area (Å²) in [6.07, 6.45) is 1.13. The van der Waals surface area contributed by atoms with Gasteiger partial charge in [0.25, 0.3) is 0 Å². The van der Waals surface area contributed by atoms with E-state index in [1.165, 1.54) is 18.3 Å². The number of halogens is 3. The lowest BCUT2D eigenvalue weighted by molar-refractivity contribution is -0.147. The second-order valence-electron chi connectivity index (χ2n) is 19.3. The number of aliphatic carboxylic acids is 1. The Hall–Kier alpha value is -6.33. The zero-order chi connectivity index (χ0) is 52.3. The van der Waals surface area contributed by atoms with Gasteiger partial charge in [-0.3, -0.25) is 4.90 Å². The molecule has 0 spiro atoms. The van der Waals surface area contributed by atoms with Gasteiger partial charge in [-0.05, 0) is 148 Å². The quantitative estimate of drug-likeness (QED) is 0.118. The van der Waals surface area contributed by atoms with Crippen LogP contribution in [0.1, 0.15) is 60.7 Å². The van der Waals surface area contributed by atoms with E-state index >= 15 is 0 Å². The summed E-state index contributed by atoms with van der Waals surface area (Å²) in [6.45, 7) is 18.6. The fraction of sp³-hybridized carbons (Fsp3) is 0.368. The van der Waals surface area contributed by atoms with Crippen molar-refractivity contribution in [2.45, 2.75) is 78.2 Å². The van der Waals surface area contributed by atoms with Crippen LogP contribution in [0, 0.1) is 19.7 Å². The summed E-state index contributed by atoms with van der Waals surface area (Å²) < 4.78 is 58.5. The standard InChI is InChI=1S/C57H60Cl2FN5O9/c1-8-61-55-48-33(2)25-45(36-9-13-39(60)14-10-36)50(48)49-34(3)51(58)53(52(59)35(49)4)72-43(28-65-23-21-64(7)22-24-65)30-69-42-17-18-46(38(26-42)27-47(73-55)56(66)67)70-29-40-19-20-62-54(63-40)37-11-15-41(16-12-37)68-31-44-32-71-57(5,6)74-44/h8-20,26,43-44,47H,2,21-25,27-32H2,1,3-7H3,(H,66,67)/b55-48-,61-8?/t43-,44+,47-/m1/s1. The second-order valence-corrected chi connectivity index (χ2v) is 20.1. The first kappa shape index (κ1) is 52.5. The zero-order valence-corrected chi connectivity index (χ0v) is 43.9. The monoisotopic (exact) mass is 1050 g/mol. The number of aliphatic imine (C=N–C) groups is 1. The largest absolute Gasteiger partial charge is 0.491 e. The molecule has 2 fully saturated rings. The van der Waals surface area contributed by atoms with Crippen LogP contribution >= 0.6 is 23.2 Å². The molecular formula is C57H60Cl2FN5O9. The Bertz CT molecular complexity index is 2980. The fourth-order valence-electron chi connectivity index (χ4n) is 9.60. The Kier molecular flexibility index (Phi) is 16.1. The van der Waals surface area contributed by atoms with Crippen LogP contribution in [-0.2, 0) is 32.0 Å². The fourth-order valence-corrected chi connectivity index (χ4v) is 10.1. The molecule has 74 heavy (non-hydrogen) atoms. The highest BCUT2D eigenvalue weighted by Gasteiger charge is 2.37. The maximum atomic E-state index is 14.5. The number of benzene rings is 4. The summed E-state index contributed by atoms with van der Waals surface area (Å²) in [4.78, 5) is 32.1. The summed E-state index contributed by atoms with van der Waals surface area (Å²) in [6, 6.07) is 20.7. The lowest BCUT2D eigenvalue weighted by Gasteiger charge is -2.35. The number of carbonyl (C=O) groups is 1. The molecule has 5 aliphatic rings. The van der Waals surface area contributed by atoms with Crippen molar-refractivity contribution < 1.29 is 47.4 Å². The van der Waals surface area contributed by atoms with Crippen molar-refractivity contribution in [3.05, 3.63) is 152 Å². The van der Waals surface area contributed by atoms with Gasteiger partial charge in [-0.25, -0.2) is 24.1 Å². The third-order valence-corrected chi connectivity index (χ3v) is 14.4. The van der Waals surface area contributed by atoms with Gasteiger partial charge >= 0.3 is 5.97 Å². The molecule has 0 unspecified atom stereocenters. The second kappa shape index (κ2) is 22.6. The van der Waals surface area contributed by atoms with Crippen LogP contribution in [0.25, 0.3) is 22.5 Å². The number of nitrogens with zero attached hydrogens (tertiary/aromatic N) is 5. The van der Waals surface area contributed by atoms with Crippen molar-refractivity contribution in [1.82, 2.24) is 19.8 Å². The highest BCUT2D eigenvalue weighted by atomic mass is 35.5. The Labute approximate surface area is 441 Å². The molecule has 1 N–H and O–H groups in total. The molecule has 3 atom stereocenters. The van der Waals surface area contributed by atoms with Gasteiger partial charge in [-0.1, -0.05) is 41.9 Å². The van der Waals surface area contributed by atoms with E-state index < -0.39 is 29.8 Å². The van der Waals surface area contributed by atoms with E-state index in [0.29, 0.717) is 110 Å². The molecule has 4 aliphatic heterocycles. The summed E-state index contributed by atoms with van der Waals surface area (Å²) in [5.41, 5.74) is 7.01. The van der Waals surface area contributed by atoms with Crippen LogP contribution in [-0.4, -0.2) is 121 Å². The molecule has 0 radical (unpaired) electrons. The maximum Gasteiger partial charge on any atom is 0.345 e. The molecule has 4 aromatic carbocycles. The van der Waals surface area contributed by atoms with Gasteiger partial charge in [0.05, 0.1) is 22.3 Å². The molecule has 388 valence electrons. The van der Waals surface area contributed by atoms with Crippen molar-refractivity contribution in [3.8, 4) is 34.4 Å². The Balaban J connectivity index is 1.08. The van der Waals surface area contributed by atoms with E-state index in [-0.39, 0.29) is 31.6 Å². The number of hydrogen-bond donors (Lipinski definition) is 1. The van der Waals surface area contributed by atoms with Crippen LogP contribution in [0.5, 0.6) is 23.0 Å². The van der Waals surface area contributed by atoms with Crippen LogP contribution in [0.15, 0.2) is 108 Å². The predicted molar refractivity (Wildman–Crippen MR) is 283 cm³/mol. The minimum absolute atomic E-state index is 0.0180. The predicted octanol–water partition coefficient (Wildman–Crippen LogP) is 10.6. The molecule has 0 amide bonds. The Morgan fingerprint density at radius 2 is 1.65 bits per heavy atom. The third-order valence-electron chi connectivity index (χ3n) is 13.5. The number of ether oxygens (including phenoxy) is 7. The normalized spacial score (nSPS) is 21.5. The van der Waals surface area contributed by atoms with Crippen LogP contribution in [0.4, 0.5) is 4.39 Å². The van der Waals surface area contributed by atoms with Gasteiger partial charge < -0.3 is 43.2 Å². The Morgan fingerprint density at radius 3 is 2.32 bits per heavy atom. The molecule has 14 nitrogen and oxygen atoms in total. The van der Waals surface area contributed by atoms with Crippen molar-refractivity contribution in [3.63, 3.8) is 0 Å². The van der Waals surface area contributed by atoms with Crippen LogP contribution < -0.4 is 18.9 Å². The lowest BCUT2D eigenvalue weighted by Crippen LogP contribution is -2.49. The summed E-state index contributed by atoms with van der Waals surface area (Å²) in [7, 11) is 2.10. The number of allylic oxidation sites excluding steroid dienone is 4. The molecule has 5 aromatic rings. The number of carboxylic acid groups (broad SMARTS) is 1. The number of likely N-dealkylation sites (N-methyl/N-ethyl adjacent to an activating group) is 1. The van der Waals surface area contributed by atoms with Gasteiger partial charge in [-0.2, -0.15) is 0 Å². The first-order chi connectivity index (χ1) is 35.5. The minimum Gasteiger partial charge on any atom is -0.491 e. The minimum atomic E-state index is -1.49.